The smallest absolute Gasteiger partial charge is 0.316 e. The number of nitrogens with zero attached hydrogens (tertiary/aromatic N) is 2. The minimum atomic E-state index is -0.775. The van der Waals surface area contributed by atoms with Crippen LogP contribution in [0.1, 0.15) is 28.1 Å². The van der Waals surface area contributed by atoms with Crippen LogP contribution >= 0.6 is 23.2 Å². The van der Waals surface area contributed by atoms with Crippen LogP contribution in [0.3, 0.4) is 0 Å². The zero-order valence-electron chi connectivity index (χ0n) is 18.5. The van der Waals surface area contributed by atoms with Crippen molar-refractivity contribution in [1.29, 1.82) is 0 Å². The first kappa shape index (κ1) is 22.8. The Hall–Kier alpha value is -3.35. The van der Waals surface area contributed by atoms with Gasteiger partial charge in [0.1, 0.15) is 5.57 Å². The summed E-state index contributed by atoms with van der Waals surface area (Å²) >= 11 is 12.6. The quantitative estimate of drug-likeness (QED) is 0.386. The monoisotopic (exact) mass is 481 g/mol. The van der Waals surface area contributed by atoms with Gasteiger partial charge in [-0.05, 0) is 80.8 Å². The van der Waals surface area contributed by atoms with Crippen molar-refractivity contribution in [2.45, 2.75) is 27.7 Å². The first-order valence-corrected chi connectivity index (χ1v) is 11.0. The molecule has 1 saturated heterocycles. The Balaban J connectivity index is 1.80. The molecule has 1 aliphatic heterocycles. The van der Waals surface area contributed by atoms with E-state index >= 15 is 0 Å². The van der Waals surface area contributed by atoms with E-state index in [0.29, 0.717) is 27.0 Å². The number of aryl methyl sites for hydroxylation is 3. The highest BCUT2D eigenvalue weighted by Gasteiger charge is 2.37. The number of halogens is 2. The average Bonchev–Trinajstić information content (AvgIpc) is 2.99. The van der Waals surface area contributed by atoms with Crippen LogP contribution in [0.15, 0.2) is 48.0 Å². The predicted octanol–water partition coefficient (Wildman–Crippen LogP) is 5.68. The molecule has 33 heavy (non-hydrogen) atoms. The number of benzene rings is 2. The summed E-state index contributed by atoms with van der Waals surface area (Å²) in [6, 6.07) is 11.8. The first-order chi connectivity index (χ1) is 15.6. The van der Waals surface area contributed by atoms with Gasteiger partial charge in [-0.2, -0.15) is 0 Å². The van der Waals surface area contributed by atoms with Crippen LogP contribution in [0.4, 0.5) is 10.5 Å². The summed E-state index contributed by atoms with van der Waals surface area (Å²) in [5.74, 6) is -1.42. The lowest BCUT2D eigenvalue weighted by Gasteiger charge is -2.27. The largest absolute Gasteiger partial charge is 0.335 e. The normalized spacial score (nSPS) is 15.4. The number of nitrogens with one attached hydrogen (secondary N) is 1. The highest BCUT2D eigenvalue weighted by molar-refractivity contribution is 6.43. The van der Waals surface area contributed by atoms with Crippen LogP contribution < -0.4 is 10.2 Å². The Morgan fingerprint density at radius 2 is 1.58 bits per heavy atom. The number of carbonyl (C=O) groups is 3. The van der Waals surface area contributed by atoms with Gasteiger partial charge in [-0.3, -0.25) is 14.9 Å². The summed E-state index contributed by atoms with van der Waals surface area (Å²) in [4.78, 5) is 39.4. The zero-order chi connectivity index (χ0) is 24.0. The Labute approximate surface area is 201 Å². The molecule has 6 nitrogen and oxygen atoms in total. The molecule has 1 aliphatic rings. The van der Waals surface area contributed by atoms with Crippen LogP contribution in [0, 0.1) is 27.7 Å². The minimum Gasteiger partial charge on any atom is -0.316 e. The summed E-state index contributed by atoms with van der Waals surface area (Å²) < 4.78 is 1.90. The number of anilines is 1. The maximum atomic E-state index is 13.3. The molecular weight excluding hydrogens is 461 g/mol. The molecule has 4 rings (SSSR count). The Morgan fingerprint density at radius 3 is 2.24 bits per heavy atom. The van der Waals surface area contributed by atoms with E-state index in [1.807, 2.05) is 50.5 Å². The molecule has 168 valence electrons. The van der Waals surface area contributed by atoms with Gasteiger partial charge in [0, 0.05) is 11.4 Å². The first-order valence-electron chi connectivity index (χ1n) is 10.2. The molecule has 0 atom stereocenters. The molecule has 0 aliphatic carbocycles. The maximum absolute atomic E-state index is 13.3. The molecule has 3 aromatic rings. The number of rotatable bonds is 3. The van der Waals surface area contributed by atoms with E-state index in [2.05, 4.69) is 5.32 Å². The fourth-order valence-corrected chi connectivity index (χ4v) is 4.48. The number of amides is 4. The van der Waals surface area contributed by atoms with Crippen molar-refractivity contribution in [2.24, 2.45) is 0 Å². The standard InChI is InChI=1S/C25H21Cl2N3O3/c1-13-8-14(2)10-18(9-13)30-24(32)19(23(31)28-25(30)33)12-17-11-15(3)29(16(17)4)21-7-5-6-20(26)22(21)27/h5-12H,1-4H3,(H,28,31,33)/b19-12+. The van der Waals surface area contributed by atoms with Crippen molar-refractivity contribution in [3.63, 3.8) is 0 Å². The Bertz CT molecular complexity index is 1350. The molecule has 1 fully saturated rings. The zero-order valence-corrected chi connectivity index (χ0v) is 20.0. The van der Waals surface area contributed by atoms with E-state index in [1.165, 1.54) is 6.08 Å². The van der Waals surface area contributed by atoms with Crippen LogP contribution in [0.2, 0.25) is 10.0 Å². The number of carbonyl (C=O) groups excluding carboxylic acids is 3. The van der Waals surface area contributed by atoms with Gasteiger partial charge in [-0.15, -0.1) is 0 Å². The number of hydrogen-bond acceptors (Lipinski definition) is 3. The molecule has 0 radical (unpaired) electrons. The average molecular weight is 482 g/mol. The third-order valence-electron chi connectivity index (χ3n) is 5.51. The minimum absolute atomic E-state index is 0.133. The third-order valence-corrected chi connectivity index (χ3v) is 6.32. The van der Waals surface area contributed by atoms with Crippen molar-refractivity contribution in [3.8, 4) is 5.69 Å². The lowest BCUT2D eigenvalue weighted by molar-refractivity contribution is -0.122. The van der Waals surface area contributed by atoms with Gasteiger partial charge in [0.05, 0.1) is 21.4 Å². The second-order valence-electron chi connectivity index (χ2n) is 8.04. The van der Waals surface area contributed by atoms with E-state index in [0.717, 1.165) is 27.4 Å². The maximum Gasteiger partial charge on any atom is 0.335 e. The predicted molar refractivity (Wildman–Crippen MR) is 130 cm³/mol. The topological polar surface area (TPSA) is 71.4 Å². The lowest BCUT2D eigenvalue weighted by Crippen LogP contribution is -2.54. The third kappa shape index (κ3) is 4.08. The molecule has 0 spiro atoms. The Kier molecular flexibility index (Phi) is 5.91. The number of barbiturate groups is 1. The molecular formula is C25H21Cl2N3O3. The molecule has 8 heteroatoms. The summed E-state index contributed by atoms with van der Waals surface area (Å²) in [5, 5.41) is 3.09. The summed E-state index contributed by atoms with van der Waals surface area (Å²) in [6.07, 6.45) is 1.50. The van der Waals surface area contributed by atoms with Gasteiger partial charge in [-0.25, -0.2) is 9.69 Å². The van der Waals surface area contributed by atoms with Gasteiger partial charge in [0.25, 0.3) is 11.8 Å². The van der Waals surface area contributed by atoms with Crippen LogP contribution in [-0.2, 0) is 9.59 Å². The number of imide groups is 2. The Morgan fingerprint density at radius 1 is 0.909 bits per heavy atom. The van der Waals surface area contributed by atoms with Gasteiger partial charge >= 0.3 is 6.03 Å². The van der Waals surface area contributed by atoms with Crippen LogP contribution in [0.5, 0.6) is 0 Å². The number of hydrogen-bond donors (Lipinski definition) is 1. The molecule has 1 aromatic heterocycles. The van der Waals surface area contributed by atoms with Gasteiger partial charge in [0.2, 0.25) is 0 Å². The van der Waals surface area contributed by atoms with E-state index in [1.54, 1.807) is 24.3 Å². The van der Waals surface area contributed by atoms with Crippen molar-refractivity contribution in [3.05, 3.63) is 86.2 Å². The van der Waals surface area contributed by atoms with Crippen molar-refractivity contribution < 1.29 is 14.4 Å². The molecule has 4 amide bonds. The fourth-order valence-electron chi connectivity index (χ4n) is 4.10. The van der Waals surface area contributed by atoms with Crippen molar-refractivity contribution in [1.82, 2.24) is 9.88 Å². The summed E-state index contributed by atoms with van der Waals surface area (Å²) in [6.45, 7) is 7.50. The van der Waals surface area contributed by atoms with E-state index < -0.39 is 17.8 Å². The second-order valence-corrected chi connectivity index (χ2v) is 8.82. The van der Waals surface area contributed by atoms with Gasteiger partial charge < -0.3 is 4.57 Å². The molecule has 1 N–H and O–H groups in total. The highest BCUT2D eigenvalue weighted by atomic mass is 35.5. The van der Waals surface area contributed by atoms with E-state index in [4.69, 9.17) is 23.2 Å². The summed E-state index contributed by atoms with van der Waals surface area (Å²) in [7, 11) is 0. The second kappa shape index (κ2) is 8.54. The molecule has 0 bridgehead atoms. The fraction of sp³-hybridized carbons (Fsp3) is 0.160. The van der Waals surface area contributed by atoms with Gasteiger partial charge in [0.15, 0.2) is 0 Å². The SMILES string of the molecule is Cc1cc(C)cc(N2C(=O)NC(=O)/C(=C\c3cc(C)n(-c4cccc(Cl)c4Cl)c3C)C2=O)c1. The lowest BCUT2D eigenvalue weighted by atomic mass is 10.1. The molecule has 0 saturated carbocycles. The van der Waals surface area contributed by atoms with Crippen LogP contribution in [0.25, 0.3) is 11.8 Å². The highest BCUT2D eigenvalue weighted by Crippen LogP contribution is 2.32. The molecule has 2 aromatic carbocycles. The molecule has 0 unspecified atom stereocenters. The van der Waals surface area contributed by atoms with Crippen molar-refractivity contribution in [2.75, 3.05) is 4.90 Å². The van der Waals surface area contributed by atoms with E-state index in [-0.39, 0.29) is 5.57 Å². The number of urea groups is 1. The molecule has 2 heterocycles. The summed E-state index contributed by atoms with van der Waals surface area (Å²) in [5.41, 5.74) is 5.02. The van der Waals surface area contributed by atoms with E-state index in [9.17, 15) is 14.4 Å². The van der Waals surface area contributed by atoms with Crippen molar-refractivity contribution >= 4 is 52.8 Å². The number of aromatic nitrogens is 1. The van der Waals surface area contributed by atoms with Gasteiger partial charge in [-0.1, -0.05) is 35.3 Å². The van der Waals surface area contributed by atoms with Crippen LogP contribution in [-0.4, -0.2) is 22.4 Å².